The summed E-state index contributed by atoms with van der Waals surface area (Å²) < 4.78 is 19.9. The van der Waals surface area contributed by atoms with Crippen LogP contribution in [0, 0.1) is 12.7 Å². The van der Waals surface area contributed by atoms with Crippen LogP contribution in [-0.4, -0.2) is 16.9 Å². The molecule has 0 aliphatic carbocycles. The molecule has 0 unspecified atom stereocenters. The van der Waals surface area contributed by atoms with Gasteiger partial charge in [0, 0.05) is 19.7 Å². The van der Waals surface area contributed by atoms with Gasteiger partial charge in [-0.25, -0.2) is 9.07 Å². The summed E-state index contributed by atoms with van der Waals surface area (Å²) in [5.41, 5.74) is 1.96. The van der Waals surface area contributed by atoms with Gasteiger partial charge in [0.15, 0.2) is 5.82 Å². The van der Waals surface area contributed by atoms with Crippen LogP contribution in [0.25, 0.3) is 0 Å². The van der Waals surface area contributed by atoms with Crippen molar-refractivity contribution in [3.8, 4) is 5.88 Å². The lowest BCUT2D eigenvalue weighted by atomic mass is 10.1. The number of rotatable bonds is 4. The van der Waals surface area contributed by atoms with E-state index >= 15 is 0 Å². The third-order valence-electron chi connectivity index (χ3n) is 2.82. The second-order valence-corrected chi connectivity index (χ2v) is 4.12. The molecule has 1 N–H and O–H groups in total. The zero-order valence-corrected chi connectivity index (χ0v) is 10.7. The van der Waals surface area contributed by atoms with Gasteiger partial charge >= 0.3 is 0 Å². The summed E-state index contributed by atoms with van der Waals surface area (Å²) >= 11 is 0. The molecule has 5 heteroatoms. The number of hydrogen-bond donors (Lipinski definition) is 1. The van der Waals surface area contributed by atoms with Crippen LogP contribution in [-0.2, 0) is 13.6 Å². The van der Waals surface area contributed by atoms with Crippen LogP contribution in [0.5, 0.6) is 5.88 Å². The predicted octanol–water partition coefficient (Wildman–Crippen LogP) is 2.49. The van der Waals surface area contributed by atoms with Crippen molar-refractivity contribution < 1.29 is 9.13 Å². The van der Waals surface area contributed by atoms with Gasteiger partial charge in [-0.1, -0.05) is 6.07 Å². The van der Waals surface area contributed by atoms with Crippen molar-refractivity contribution in [1.29, 1.82) is 0 Å². The van der Waals surface area contributed by atoms with Gasteiger partial charge in [-0.15, -0.1) is 0 Å². The molecular weight excluding hydrogens is 233 g/mol. The van der Waals surface area contributed by atoms with E-state index in [1.807, 2.05) is 6.92 Å². The number of halogens is 1. The first kappa shape index (κ1) is 12.4. The molecule has 0 atom stereocenters. The Labute approximate surface area is 105 Å². The number of nitrogens with one attached hydrogen (secondary N) is 1. The Hall–Kier alpha value is -2.04. The normalized spacial score (nSPS) is 10.4. The van der Waals surface area contributed by atoms with Crippen molar-refractivity contribution >= 4 is 5.82 Å². The zero-order valence-electron chi connectivity index (χ0n) is 10.7. The Morgan fingerprint density at radius 2 is 2.17 bits per heavy atom. The maximum absolute atomic E-state index is 13.1. The standard InChI is InChI=1S/C13H16FN3O/c1-9-4-5-11(14)6-10(9)8-15-12-7-13(18-3)17(2)16-12/h4-7H,8H2,1-3H3,(H,15,16). The molecule has 4 nitrogen and oxygen atoms in total. The fourth-order valence-electron chi connectivity index (χ4n) is 1.74. The minimum Gasteiger partial charge on any atom is -0.481 e. The van der Waals surface area contributed by atoms with Gasteiger partial charge in [-0.05, 0) is 30.2 Å². The second kappa shape index (κ2) is 5.08. The number of benzene rings is 1. The van der Waals surface area contributed by atoms with E-state index in [0.29, 0.717) is 18.2 Å². The summed E-state index contributed by atoms with van der Waals surface area (Å²) in [5, 5.41) is 7.38. The summed E-state index contributed by atoms with van der Waals surface area (Å²) in [6.07, 6.45) is 0. The molecule has 0 saturated heterocycles. The Morgan fingerprint density at radius 3 is 2.83 bits per heavy atom. The van der Waals surface area contributed by atoms with Gasteiger partial charge in [0.05, 0.1) is 7.11 Å². The Bertz CT molecular complexity index is 551. The quantitative estimate of drug-likeness (QED) is 0.904. The predicted molar refractivity (Wildman–Crippen MR) is 68.2 cm³/mol. The van der Waals surface area contributed by atoms with Gasteiger partial charge in [-0.2, -0.15) is 5.10 Å². The van der Waals surface area contributed by atoms with Gasteiger partial charge < -0.3 is 10.1 Å². The summed E-state index contributed by atoms with van der Waals surface area (Å²) in [6.45, 7) is 2.49. The van der Waals surface area contributed by atoms with E-state index in [4.69, 9.17) is 4.74 Å². The molecule has 1 heterocycles. The molecule has 0 aliphatic rings. The molecule has 2 aromatic rings. The van der Waals surface area contributed by atoms with Crippen LogP contribution >= 0.6 is 0 Å². The average Bonchev–Trinajstić information content (AvgIpc) is 2.71. The molecular formula is C13H16FN3O. The minimum absolute atomic E-state index is 0.226. The van der Waals surface area contributed by atoms with E-state index in [1.165, 1.54) is 12.1 Å². The lowest BCUT2D eigenvalue weighted by Gasteiger charge is -2.06. The van der Waals surface area contributed by atoms with E-state index in [-0.39, 0.29) is 5.82 Å². The lowest BCUT2D eigenvalue weighted by molar-refractivity contribution is 0.373. The molecule has 0 aliphatic heterocycles. The molecule has 96 valence electrons. The van der Waals surface area contributed by atoms with Crippen LogP contribution < -0.4 is 10.1 Å². The van der Waals surface area contributed by atoms with Crippen molar-refractivity contribution in [3.63, 3.8) is 0 Å². The summed E-state index contributed by atoms with van der Waals surface area (Å²) in [6, 6.07) is 6.56. The van der Waals surface area contributed by atoms with Crippen LogP contribution in [0.3, 0.4) is 0 Å². The van der Waals surface area contributed by atoms with Gasteiger partial charge in [0.1, 0.15) is 5.82 Å². The number of hydrogen-bond acceptors (Lipinski definition) is 3. The summed E-state index contributed by atoms with van der Waals surface area (Å²) in [5.74, 6) is 1.16. The molecule has 0 radical (unpaired) electrons. The smallest absolute Gasteiger partial charge is 0.213 e. The highest BCUT2D eigenvalue weighted by atomic mass is 19.1. The second-order valence-electron chi connectivity index (χ2n) is 4.12. The van der Waals surface area contributed by atoms with Crippen molar-refractivity contribution in [2.24, 2.45) is 7.05 Å². The van der Waals surface area contributed by atoms with Crippen molar-refractivity contribution in [3.05, 3.63) is 41.2 Å². The van der Waals surface area contributed by atoms with Crippen molar-refractivity contribution in [2.45, 2.75) is 13.5 Å². The van der Waals surface area contributed by atoms with E-state index < -0.39 is 0 Å². The molecule has 0 bridgehead atoms. The van der Waals surface area contributed by atoms with E-state index in [2.05, 4.69) is 10.4 Å². The number of aromatic nitrogens is 2. The van der Waals surface area contributed by atoms with E-state index in [0.717, 1.165) is 11.1 Å². The molecule has 0 spiro atoms. The maximum Gasteiger partial charge on any atom is 0.213 e. The number of aryl methyl sites for hydroxylation is 2. The van der Waals surface area contributed by atoms with Crippen LogP contribution in [0.4, 0.5) is 10.2 Å². The summed E-state index contributed by atoms with van der Waals surface area (Å²) in [7, 11) is 3.40. The number of nitrogens with zero attached hydrogens (tertiary/aromatic N) is 2. The van der Waals surface area contributed by atoms with Gasteiger partial charge in [0.25, 0.3) is 0 Å². The number of ether oxygens (including phenoxy) is 1. The first-order chi connectivity index (χ1) is 8.60. The number of anilines is 1. The van der Waals surface area contributed by atoms with Crippen LogP contribution in [0.1, 0.15) is 11.1 Å². The molecule has 0 fully saturated rings. The highest BCUT2D eigenvalue weighted by Crippen LogP contribution is 2.17. The lowest BCUT2D eigenvalue weighted by Crippen LogP contribution is -2.03. The molecule has 0 saturated carbocycles. The SMILES string of the molecule is COc1cc(NCc2cc(F)ccc2C)nn1C. The Kier molecular flexibility index (Phi) is 3.50. The van der Waals surface area contributed by atoms with Gasteiger partial charge in [0.2, 0.25) is 5.88 Å². The Morgan fingerprint density at radius 1 is 1.39 bits per heavy atom. The highest BCUT2D eigenvalue weighted by molar-refractivity contribution is 5.40. The fourth-order valence-corrected chi connectivity index (χ4v) is 1.74. The van der Waals surface area contributed by atoms with Crippen LogP contribution in [0.15, 0.2) is 24.3 Å². The van der Waals surface area contributed by atoms with Crippen molar-refractivity contribution in [2.75, 3.05) is 12.4 Å². The number of methoxy groups -OCH3 is 1. The molecule has 1 aromatic carbocycles. The van der Waals surface area contributed by atoms with Crippen LogP contribution in [0.2, 0.25) is 0 Å². The third-order valence-corrected chi connectivity index (χ3v) is 2.82. The fraction of sp³-hybridized carbons (Fsp3) is 0.308. The molecule has 2 rings (SSSR count). The molecule has 18 heavy (non-hydrogen) atoms. The topological polar surface area (TPSA) is 39.1 Å². The van der Waals surface area contributed by atoms with Crippen molar-refractivity contribution in [1.82, 2.24) is 9.78 Å². The first-order valence-corrected chi connectivity index (χ1v) is 5.67. The zero-order chi connectivity index (χ0) is 13.1. The first-order valence-electron chi connectivity index (χ1n) is 5.67. The average molecular weight is 249 g/mol. The highest BCUT2D eigenvalue weighted by Gasteiger charge is 2.05. The largest absolute Gasteiger partial charge is 0.481 e. The van der Waals surface area contributed by atoms with E-state index in [1.54, 1.807) is 31.0 Å². The molecule has 0 amide bonds. The molecule has 1 aromatic heterocycles. The maximum atomic E-state index is 13.1. The Balaban J connectivity index is 2.08. The summed E-state index contributed by atoms with van der Waals surface area (Å²) in [4.78, 5) is 0. The monoisotopic (exact) mass is 249 g/mol. The minimum atomic E-state index is -0.226. The third kappa shape index (κ3) is 2.61. The van der Waals surface area contributed by atoms with E-state index in [9.17, 15) is 4.39 Å². The van der Waals surface area contributed by atoms with Gasteiger partial charge in [-0.3, -0.25) is 0 Å².